The number of hydrogen-bond donors (Lipinski definition) is 3. The van der Waals surface area contributed by atoms with Gasteiger partial charge in [0.15, 0.2) is 5.82 Å². The molecule has 1 aliphatic rings. The fourth-order valence-electron chi connectivity index (χ4n) is 2.53. The lowest BCUT2D eigenvalue weighted by atomic mass is 10.0. The maximum Gasteiger partial charge on any atom is 0.416 e. The van der Waals surface area contributed by atoms with E-state index in [1.54, 1.807) is 6.07 Å². The van der Waals surface area contributed by atoms with Gasteiger partial charge in [-0.05, 0) is 55.5 Å². The van der Waals surface area contributed by atoms with Crippen molar-refractivity contribution in [3.05, 3.63) is 35.4 Å². The molecule has 3 rings (SSSR count). The summed E-state index contributed by atoms with van der Waals surface area (Å²) < 4.78 is 38.3. The number of alkyl halides is 3. The van der Waals surface area contributed by atoms with Crippen LogP contribution in [-0.4, -0.2) is 27.3 Å². The number of aromatic nitrogens is 2. The number of amides is 1. The van der Waals surface area contributed by atoms with Crippen LogP contribution in [0.15, 0.2) is 24.3 Å². The first-order valence-electron chi connectivity index (χ1n) is 8.01. The van der Waals surface area contributed by atoms with Crippen molar-refractivity contribution in [2.45, 2.75) is 37.9 Å². The number of hydrogen-bond acceptors (Lipinski definition) is 5. The van der Waals surface area contributed by atoms with E-state index in [1.807, 2.05) is 0 Å². The average molecular weight is 366 g/mol. The second-order valence-electron chi connectivity index (χ2n) is 6.32. The van der Waals surface area contributed by atoms with E-state index in [9.17, 15) is 23.1 Å². The molecule has 4 N–H and O–H groups in total. The molecule has 1 saturated carbocycles. The van der Waals surface area contributed by atoms with Crippen molar-refractivity contribution in [1.29, 1.82) is 0 Å². The molecule has 0 unspecified atom stereocenters. The van der Waals surface area contributed by atoms with Gasteiger partial charge in [0.25, 0.3) is 0 Å². The van der Waals surface area contributed by atoms with Gasteiger partial charge in [-0.3, -0.25) is 4.79 Å². The first kappa shape index (κ1) is 18.1. The quantitative estimate of drug-likeness (QED) is 0.772. The monoisotopic (exact) mass is 366 g/mol. The predicted molar refractivity (Wildman–Crippen MR) is 88.4 cm³/mol. The number of carbonyl (C=O) groups is 1. The van der Waals surface area contributed by atoms with Gasteiger partial charge in [-0.1, -0.05) is 0 Å². The standard InChI is InChI=1S/C17H17F3N4O2/c1-8(21)16(26)22-14-7-12(9-2-3-9)15(24-23-14)11-5-4-10(6-13(11)25)17(18,19)20/h4-9,25H,2-3,21H2,1H3,(H,22,23,26)/t8-/m1/s1. The summed E-state index contributed by atoms with van der Waals surface area (Å²) in [5.41, 5.74) is 5.74. The molecule has 2 aromatic rings. The molecule has 6 nitrogen and oxygen atoms in total. The van der Waals surface area contributed by atoms with Crippen molar-refractivity contribution >= 4 is 11.7 Å². The average Bonchev–Trinajstić information content (AvgIpc) is 3.39. The maximum absolute atomic E-state index is 12.8. The molecule has 0 spiro atoms. The Morgan fingerprint density at radius 1 is 1.31 bits per heavy atom. The molecule has 138 valence electrons. The van der Waals surface area contributed by atoms with Gasteiger partial charge < -0.3 is 16.2 Å². The summed E-state index contributed by atoms with van der Waals surface area (Å²) in [6.45, 7) is 1.53. The van der Waals surface area contributed by atoms with Crippen molar-refractivity contribution < 1.29 is 23.1 Å². The van der Waals surface area contributed by atoms with E-state index in [-0.39, 0.29) is 17.3 Å². The Morgan fingerprint density at radius 2 is 2.00 bits per heavy atom. The fraction of sp³-hybridized carbons (Fsp3) is 0.353. The van der Waals surface area contributed by atoms with Gasteiger partial charge in [0.1, 0.15) is 11.4 Å². The van der Waals surface area contributed by atoms with Crippen LogP contribution in [0.2, 0.25) is 0 Å². The summed E-state index contributed by atoms with van der Waals surface area (Å²) in [6, 6.07) is 3.63. The third-order valence-electron chi connectivity index (χ3n) is 4.09. The first-order valence-corrected chi connectivity index (χ1v) is 8.01. The second kappa shape index (κ2) is 6.56. The highest BCUT2D eigenvalue weighted by atomic mass is 19.4. The van der Waals surface area contributed by atoms with E-state index < -0.39 is 29.4 Å². The summed E-state index contributed by atoms with van der Waals surface area (Å²) in [7, 11) is 0. The lowest BCUT2D eigenvalue weighted by molar-refractivity contribution is -0.137. The zero-order valence-electron chi connectivity index (χ0n) is 13.8. The highest BCUT2D eigenvalue weighted by Crippen LogP contribution is 2.46. The molecule has 26 heavy (non-hydrogen) atoms. The largest absolute Gasteiger partial charge is 0.507 e. The van der Waals surface area contributed by atoms with Crippen LogP contribution >= 0.6 is 0 Å². The Kier molecular flexibility index (Phi) is 4.57. The molecule has 1 heterocycles. The Bertz CT molecular complexity index is 848. The van der Waals surface area contributed by atoms with Crippen LogP contribution in [0.25, 0.3) is 11.3 Å². The normalized spacial score (nSPS) is 15.6. The third-order valence-corrected chi connectivity index (χ3v) is 4.09. The van der Waals surface area contributed by atoms with E-state index in [1.165, 1.54) is 13.0 Å². The van der Waals surface area contributed by atoms with Crippen molar-refractivity contribution in [1.82, 2.24) is 10.2 Å². The van der Waals surface area contributed by atoms with Gasteiger partial charge in [0.2, 0.25) is 5.91 Å². The minimum Gasteiger partial charge on any atom is -0.507 e. The van der Waals surface area contributed by atoms with Crippen molar-refractivity contribution in [3.8, 4) is 17.0 Å². The Labute approximate surface area is 147 Å². The number of aromatic hydroxyl groups is 1. The summed E-state index contributed by atoms with van der Waals surface area (Å²) >= 11 is 0. The number of phenolic OH excluding ortho intramolecular Hbond substituents is 1. The summed E-state index contributed by atoms with van der Waals surface area (Å²) in [6.07, 6.45) is -2.77. The number of benzene rings is 1. The third kappa shape index (κ3) is 3.77. The summed E-state index contributed by atoms with van der Waals surface area (Å²) in [5, 5.41) is 20.5. The molecular weight excluding hydrogens is 349 g/mol. The predicted octanol–water partition coefficient (Wildman–Crippen LogP) is 3.03. The zero-order chi connectivity index (χ0) is 19.1. The molecule has 1 aromatic carbocycles. The van der Waals surface area contributed by atoms with E-state index in [2.05, 4.69) is 15.5 Å². The molecule has 1 aromatic heterocycles. The maximum atomic E-state index is 12.8. The van der Waals surface area contributed by atoms with E-state index in [0.717, 1.165) is 24.5 Å². The van der Waals surface area contributed by atoms with Crippen LogP contribution in [0.3, 0.4) is 0 Å². The number of nitrogens with two attached hydrogens (primary N) is 1. The van der Waals surface area contributed by atoms with Crippen molar-refractivity contribution in [2.75, 3.05) is 5.32 Å². The molecule has 1 atom stereocenters. The first-order chi connectivity index (χ1) is 12.2. The molecule has 9 heteroatoms. The van der Waals surface area contributed by atoms with E-state index in [0.29, 0.717) is 11.8 Å². The van der Waals surface area contributed by atoms with Gasteiger partial charge in [-0.15, -0.1) is 10.2 Å². The number of anilines is 1. The molecular formula is C17H17F3N4O2. The molecule has 1 fully saturated rings. The van der Waals surface area contributed by atoms with Gasteiger partial charge in [0.05, 0.1) is 11.6 Å². The summed E-state index contributed by atoms with van der Waals surface area (Å²) in [4.78, 5) is 11.7. The summed E-state index contributed by atoms with van der Waals surface area (Å²) in [5.74, 6) is -0.577. The SMILES string of the molecule is C[C@@H](N)C(=O)Nc1cc(C2CC2)c(-c2ccc(C(F)(F)F)cc2O)nn1. The lowest BCUT2D eigenvalue weighted by Gasteiger charge is -2.13. The van der Waals surface area contributed by atoms with Gasteiger partial charge >= 0.3 is 6.18 Å². The smallest absolute Gasteiger partial charge is 0.416 e. The fourth-order valence-corrected chi connectivity index (χ4v) is 2.53. The van der Waals surface area contributed by atoms with Crippen LogP contribution in [0.5, 0.6) is 5.75 Å². The lowest BCUT2D eigenvalue weighted by Crippen LogP contribution is -2.32. The topological polar surface area (TPSA) is 101 Å². The van der Waals surface area contributed by atoms with Crippen molar-refractivity contribution in [2.24, 2.45) is 5.73 Å². The van der Waals surface area contributed by atoms with E-state index >= 15 is 0 Å². The number of rotatable bonds is 4. The van der Waals surface area contributed by atoms with Crippen LogP contribution < -0.4 is 11.1 Å². The second-order valence-corrected chi connectivity index (χ2v) is 6.32. The van der Waals surface area contributed by atoms with Crippen LogP contribution in [-0.2, 0) is 11.0 Å². The Hall–Kier alpha value is -2.68. The number of nitrogens with one attached hydrogen (secondary N) is 1. The highest BCUT2D eigenvalue weighted by molar-refractivity contribution is 5.93. The molecule has 0 saturated heterocycles. The van der Waals surface area contributed by atoms with Crippen molar-refractivity contribution in [3.63, 3.8) is 0 Å². The zero-order valence-corrected chi connectivity index (χ0v) is 13.8. The van der Waals surface area contributed by atoms with Gasteiger partial charge in [-0.2, -0.15) is 13.2 Å². The van der Waals surface area contributed by atoms with Gasteiger partial charge in [-0.25, -0.2) is 0 Å². The molecule has 1 amide bonds. The minimum absolute atomic E-state index is 0.160. The number of carbonyl (C=O) groups excluding carboxylic acids is 1. The van der Waals surface area contributed by atoms with Crippen LogP contribution in [0.4, 0.5) is 19.0 Å². The van der Waals surface area contributed by atoms with Crippen LogP contribution in [0.1, 0.15) is 36.8 Å². The number of nitrogens with zero attached hydrogens (tertiary/aromatic N) is 2. The number of phenols is 1. The highest BCUT2D eigenvalue weighted by Gasteiger charge is 2.33. The molecule has 1 aliphatic carbocycles. The molecule has 0 bridgehead atoms. The van der Waals surface area contributed by atoms with Crippen LogP contribution in [0, 0.1) is 0 Å². The molecule has 0 aliphatic heterocycles. The molecule has 0 radical (unpaired) electrons. The van der Waals surface area contributed by atoms with E-state index in [4.69, 9.17) is 5.73 Å². The Morgan fingerprint density at radius 3 is 2.54 bits per heavy atom. The minimum atomic E-state index is -4.55. The van der Waals surface area contributed by atoms with Gasteiger partial charge in [0, 0.05) is 5.56 Å². The number of halogens is 3. The Balaban J connectivity index is 1.99.